The van der Waals surface area contributed by atoms with Gasteiger partial charge in [0.1, 0.15) is 17.1 Å². The summed E-state index contributed by atoms with van der Waals surface area (Å²) in [6.07, 6.45) is 1.93. The minimum Gasteiger partial charge on any atom is -0.393 e. The summed E-state index contributed by atoms with van der Waals surface area (Å²) in [6.45, 7) is -1.07. The van der Waals surface area contributed by atoms with E-state index >= 15 is 0 Å². The van der Waals surface area contributed by atoms with Crippen LogP contribution in [0.15, 0.2) is 78.2 Å². The van der Waals surface area contributed by atoms with Gasteiger partial charge in [-0.3, -0.25) is 9.59 Å². The first-order chi connectivity index (χ1) is 22.1. The van der Waals surface area contributed by atoms with Crippen molar-refractivity contribution in [3.63, 3.8) is 0 Å². The largest absolute Gasteiger partial charge is 0.393 e. The van der Waals surface area contributed by atoms with Gasteiger partial charge in [-0.05, 0) is 78.6 Å². The summed E-state index contributed by atoms with van der Waals surface area (Å²) in [5.41, 5.74) is 8.25. The number of primary amides is 1. The number of thiazole rings is 1. The third-order valence-electron chi connectivity index (χ3n) is 8.65. The van der Waals surface area contributed by atoms with E-state index in [1.807, 2.05) is 48.5 Å². The lowest BCUT2D eigenvalue weighted by Gasteiger charge is -2.48. The number of benzene rings is 3. The zero-order valence-electron chi connectivity index (χ0n) is 25.3. The molecule has 2 amide bonds. The molecule has 0 saturated carbocycles. The van der Waals surface area contributed by atoms with Crippen LogP contribution < -0.4 is 10.6 Å². The molecule has 6 N–H and O–H groups in total. The number of aryl methyl sites for hydroxylation is 3. The molecule has 242 valence electrons. The van der Waals surface area contributed by atoms with Crippen LogP contribution >= 0.6 is 11.3 Å². The van der Waals surface area contributed by atoms with Gasteiger partial charge in [0.15, 0.2) is 0 Å². The molecule has 1 aromatic heterocycles. The van der Waals surface area contributed by atoms with Gasteiger partial charge in [0.05, 0.1) is 36.3 Å². The first-order valence-electron chi connectivity index (χ1n) is 15.2. The lowest BCUT2D eigenvalue weighted by molar-refractivity contribution is -0.131. The number of halogens is 1. The van der Waals surface area contributed by atoms with Gasteiger partial charge in [0, 0.05) is 17.5 Å². The van der Waals surface area contributed by atoms with Crippen molar-refractivity contribution in [3.05, 3.63) is 117 Å². The van der Waals surface area contributed by atoms with E-state index in [1.54, 1.807) is 22.4 Å². The highest BCUT2D eigenvalue weighted by Gasteiger charge is 2.48. The number of amides is 2. The smallest absolute Gasteiger partial charge is 0.268 e. The lowest BCUT2D eigenvalue weighted by atomic mass is 9.78. The summed E-state index contributed by atoms with van der Waals surface area (Å²) >= 11 is 1.40. The molecule has 0 unspecified atom stereocenters. The number of carbonyl (C=O) groups is 2. The van der Waals surface area contributed by atoms with Crippen molar-refractivity contribution in [2.75, 3.05) is 18.1 Å². The van der Waals surface area contributed by atoms with Gasteiger partial charge in [-0.25, -0.2) is 9.37 Å². The number of hydrogen-bond acceptors (Lipinski definition) is 8. The molecular weight excluding hydrogens is 609 g/mol. The normalized spacial score (nSPS) is 17.2. The van der Waals surface area contributed by atoms with E-state index in [0.29, 0.717) is 37.7 Å². The second-order valence-electron chi connectivity index (χ2n) is 11.8. The number of hydrogen-bond donors (Lipinski definition) is 5. The Morgan fingerprint density at radius 3 is 2.20 bits per heavy atom. The first kappa shape index (κ1) is 33.4. The molecule has 1 aliphatic rings. The van der Waals surface area contributed by atoms with Crippen molar-refractivity contribution in [3.8, 4) is 0 Å². The Morgan fingerprint density at radius 1 is 0.957 bits per heavy atom. The maximum Gasteiger partial charge on any atom is 0.268 e. The molecule has 11 heteroatoms. The SMILES string of the molecule is NC(=O)c1csc(CCc2ccc(N3C(=O)[C@H](CC[C@H](O)c4ccc(F)cc4)[C@H]3c3ccc(CCC(O)(CO)CO)cc3)cc2)n1. The second-order valence-corrected chi connectivity index (χ2v) is 12.8. The van der Waals surface area contributed by atoms with Crippen LogP contribution in [0.2, 0.25) is 0 Å². The number of nitrogens with zero attached hydrogens (tertiary/aromatic N) is 2. The third kappa shape index (κ3) is 7.68. The predicted molar refractivity (Wildman–Crippen MR) is 173 cm³/mol. The van der Waals surface area contributed by atoms with Gasteiger partial charge in [-0.2, -0.15) is 0 Å². The van der Waals surface area contributed by atoms with Crippen molar-refractivity contribution in [1.29, 1.82) is 0 Å². The van der Waals surface area contributed by atoms with Crippen molar-refractivity contribution in [2.24, 2.45) is 11.7 Å². The molecule has 0 bridgehead atoms. The maximum atomic E-state index is 13.6. The fourth-order valence-electron chi connectivity index (χ4n) is 5.77. The fourth-order valence-corrected chi connectivity index (χ4v) is 6.56. The summed E-state index contributed by atoms with van der Waals surface area (Å²) in [5, 5.41) is 42.3. The van der Waals surface area contributed by atoms with Crippen LogP contribution in [0.4, 0.5) is 10.1 Å². The van der Waals surface area contributed by atoms with Crippen molar-refractivity contribution in [2.45, 2.75) is 56.3 Å². The standard InChI is InChI=1S/C35H38FN3O6S/c36-26-10-8-24(9-11-26)30(42)15-14-28-32(25-6-1-23(2-7-25)17-18-35(45,20-40)21-41)39(34(28)44)27-12-3-22(4-13-27)5-16-31-38-29(19-46-31)33(37)43/h1-4,6-13,19,28,30,32,40-42,45H,5,14-18,20-21H2,(H2,37,43)/t28-,30+,32-/m1/s1. The summed E-state index contributed by atoms with van der Waals surface area (Å²) in [7, 11) is 0. The number of aliphatic hydroxyl groups is 4. The van der Waals surface area contributed by atoms with Crippen LogP contribution in [0.25, 0.3) is 0 Å². The number of carbonyl (C=O) groups excluding carboxylic acids is 2. The fraction of sp³-hybridized carbons (Fsp3) is 0.343. The molecule has 46 heavy (non-hydrogen) atoms. The third-order valence-corrected chi connectivity index (χ3v) is 9.56. The minimum absolute atomic E-state index is 0.0501. The average molecular weight is 648 g/mol. The van der Waals surface area contributed by atoms with Crippen molar-refractivity contribution < 1.29 is 34.4 Å². The summed E-state index contributed by atoms with van der Waals surface area (Å²) in [5.74, 6) is -1.35. The number of aliphatic hydroxyl groups excluding tert-OH is 3. The number of aromatic nitrogens is 1. The van der Waals surface area contributed by atoms with Crippen LogP contribution in [-0.4, -0.2) is 56.0 Å². The zero-order chi connectivity index (χ0) is 32.8. The van der Waals surface area contributed by atoms with Gasteiger partial charge >= 0.3 is 0 Å². The van der Waals surface area contributed by atoms with E-state index < -0.39 is 30.8 Å². The number of anilines is 1. The molecule has 3 atom stereocenters. The Hall–Kier alpha value is -4.00. The summed E-state index contributed by atoms with van der Waals surface area (Å²) < 4.78 is 13.4. The lowest BCUT2D eigenvalue weighted by Crippen LogP contribution is -2.55. The van der Waals surface area contributed by atoms with Crippen LogP contribution in [0.5, 0.6) is 0 Å². The van der Waals surface area contributed by atoms with Crippen LogP contribution in [-0.2, 0) is 24.1 Å². The van der Waals surface area contributed by atoms with Crippen LogP contribution in [0.1, 0.15) is 69.2 Å². The highest BCUT2D eigenvalue weighted by Crippen LogP contribution is 2.46. The van der Waals surface area contributed by atoms with Gasteiger partial charge in [0.25, 0.3) is 5.91 Å². The van der Waals surface area contributed by atoms with E-state index in [-0.39, 0.29) is 35.8 Å². The van der Waals surface area contributed by atoms with Gasteiger partial charge in [-0.15, -0.1) is 11.3 Å². The van der Waals surface area contributed by atoms with E-state index in [0.717, 1.165) is 27.4 Å². The van der Waals surface area contributed by atoms with E-state index in [2.05, 4.69) is 4.98 Å². The molecule has 0 spiro atoms. The molecule has 3 aromatic carbocycles. The molecule has 5 rings (SSSR count). The molecule has 1 fully saturated rings. The molecule has 1 saturated heterocycles. The zero-order valence-corrected chi connectivity index (χ0v) is 26.1. The Bertz CT molecular complexity index is 1620. The van der Waals surface area contributed by atoms with Crippen LogP contribution in [0, 0.1) is 11.7 Å². The monoisotopic (exact) mass is 647 g/mol. The van der Waals surface area contributed by atoms with Gasteiger partial charge < -0.3 is 31.1 Å². The second kappa shape index (κ2) is 14.6. The van der Waals surface area contributed by atoms with Gasteiger partial charge in [-0.1, -0.05) is 48.5 Å². The van der Waals surface area contributed by atoms with Crippen LogP contribution in [0.3, 0.4) is 0 Å². The summed E-state index contributed by atoms with van der Waals surface area (Å²) in [6, 6.07) is 20.9. The van der Waals surface area contributed by atoms with E-state index in [9.17, 15) is 34.4 Å². The van der Waals surface area contributed by atoms with Crippen molar-refractivity contribution >= 4 is 28.8 Å². The molecule has 4 aromatic rings. The highest BCUT2D eigenvalue weighted by atomic mass is 32.1. The van der Waals surface area contributed by atoms with Crippen molar-refractivity contribution in [1.82, 2.24) is 4.98 Å². The number of β-lactam (4-membered cyclic amide) rings is 1. The Kier molecular flexibility index (Phi) is 10.6. The maximum absolute atomic E-state index is 13.6. The van der Waals surface area contributed by atoms with E-state index in [1.165, 1.54) is 23.5 Å². The predicted octanol–water partition coefficient (Wildman–Crippen LogP) is 4.03. The molecule has 9 nitrogen and oxygen atoms in total. The first-order valence-corrected chi connectivity index (χ1v) is 16.1. The Balaban J connectivity index is 1.31. The molecular formula is C35H38FN3O6S. The molecule has 2 heterocycles. The highest BCUT2D eigenvalue weighted by molar-refractivity contribution is 7.09. The minimum atomic E-state index is -1.55. The Labute approximate surface area is 270 Å². The summed E-state index contributed by atoms with van der Waals surface area (Å²) in [4.78, 5) is 31.0. The van der Waals surface area contributed by atoms with Gasteiger partial charge in [0.2, 0.25) is 5.91 Å². The molecule has 0 radical (unpaired) electrons. The topological polar surface area (TPSA) is 157 Å². The van der Waals surface area contributed by atoms with E-state index in [4.69, 9.17) is 5.73 Å². The number of nitrogens with two attached hydrogens (primary N) is 1. The Morgan fingerprint density at radius 2 is 1.59 bits per heavy atom. The average Bonchev–Trinajstić information content (AvgIpc) is 3.56. The number of rotatable bonds is 15. The molecule has 0 aliphatic carbocycles. The molecule has 1 aliphatic heterocycles. The quantitative estimate of drug-likeness (QED) is 0.122.